The van der Waals surface area contributed by atoms with Crippen molar-refractivity contribution in [3.8, 4) is 0 Å². The van der Waals surface area contributed by atoms with Crippen molar-refractivity contribution in [1.82, 2.24) is 4.98 Å². The molecule has 0 bridgehead atoms. The molecule has 0 aromatic carbocycles. The molecule has 0 saturated carbocycles. The van der Waals surface area contributed by atoms with Gasteiger partial charge in [-0.25, -0.2) is 0 Å². The Morgan fingerprint density at radius 1 is 1.56 bits per heavy atom. The maximum absolute atomic E-state index is 10.6. The van der Waals surface area contributed by atoms with E-state index in [0.717, 1.165) is 11.1 Å². The maximum atomic E-state index is 10.6. The molecule has 0 spiro atoms. The van der Waals surface area contributed by atoms with Gasteiger partial charge in [-0.1, -0.05) is 36.9 Å². The van der Waals surface area contributed by atoms with Crippen LogP contribution in [-0.2, 0) is 4.79 Å². The van der Waals surface area contributed by atoms with Crippen LogP contribution in [0.2, 0.25) is 0 Å². The number of amides is 1. The molecule has 0 radical (unpaired) electrons. The number of carbonyl (C=O) groups is 1. The van der Waals surface area contributed by atoms with Crippen LogP contribution in [0.15, 0.2) is 55.4 Å². The second-order valence-corrected chi connectivity index (χ2v) is 3.17. The minimum Gasteiger partial charge on any atom is -0.369 e. The van der Waals surface area contributed by atoms with E-state index in [1.807, 2.05) is 24.3 Å². The highest BCUT2D eigenvalue weighted by Gasteiger charge is 1.96. The number of primary amides is 1. The van der Waals surface area contributed by atoms with E-state index in [-0.39, 0.29) is 12.3 Å². The molecule has 0 unspecified atom stereocenters. The molecule has 3 nitrogen and oxygen atoms in total. The SMILES string of the molecule is C=C/C=C(\C=C/CC(N)=O)c1cccnc1. The van der Waals surface area contributed by atoms with Crippen LogP contribution in [0.25, 0.3) is 5.57 Å². The molecule has 1 rings (SSSR count). The largest absolute Gasteiger partial charge is 0.369 e. The molecule has 0 saturated heterocycles. The summed E-state index contributed by atoms with van der Waals surface area (Å²) in [5, 5.41) is 0. The first-order valence-corrected chi connectivity index (χ1v) is 4.92. The fourth-order valence-corrected chi connectivity index (χ4v) is 1.21. The van der Waals surface area contributed by atoms with E-state index in [2.05, 4.69) is 11.6 Å². The van der Waals surface area contributed by atoms with Crippen LogP contribution in [-0.4, -0.2) is 10.9 Å². The second kappa shape index (κ2) is 6.35. The van der Waals surface area contributed by atoms with Crippen LogP contribution in [0.3, 0.4) is 0 Å². The predicted molar refractivity (Wildman–Crippen MR) is 65.4 cm³/mol. The maximum Gasteiger partial charge on any atom is 0.221 e. The van der Waals surface area contributed by atoms with E-state index < -0.39 is 0 Å². The van der Waals surface area contributed by atoms with Crippen molar-refractivity contribution < 1.29 is 4.79 Å². The van der Waals surface area contributed by atoms with Crippen molar-refractivity contribution >= 4 is 11.5 Å². The van der Waals surface area contributed by atoms with Gasteiger partial charge in [0.25, 0.3) is 0 Å². The number of rotatable bonds is 5. The van der Waals surface area contributed by atoms with Crippen LogP contribution < -0.4 is 5.73 Å². The Bertz CT molecular complexity index is 419. The zero-order chi connectivity index (χ0) is 11.8. The Morgan fingerprint density at radius 3 is 2.94 bits per heavy atom. The molecule has 16 heavy (non-hydrogen) atoms. The van der Waals surface area contributed by atoms with Gasteiger partial charge < -0.3 is 5.73 Å². The van der Waals surface area contributed by atoms with E-state index in [4.69, 9.17) is 5.73 Å². The van der Waals surface area contributed by atoms with Gasteiger partial charge in [-0.15, -0.1) is 0 Å². The van der Waals surface area contributed by atoms with Crippen LogP contribution in [0.4, 0.5) is 0 Å². The zero-order valence-electron chi connectivity index (χ0n) is 8.97. The van der Waals surface area contributed by atoms with Crippen molar-refractivity contribution in [1.29, 1.82) is 0 Å². The topological polar surface area (TPSA) is 56.0 Å². The van der Waals surface area contributed by atoms with Crippen LogP contribution in [0, 0.1) is 0 Å². The van der Waals surface area contributed by atoms with Gasteiger partial charge >= 0.3 is 0 Å². The van der Waals surface area contributed by atoms with Gasteiger partial charge in [0.1, 0.15) is 0 Å². The number of hydrogen-bond acceptors (Lipinski definition) is 2. The summed E-state index contributed by atoms with van der Waals surface area (Å²) < 4.78 is 0. The molecule has 0 aliphatic rings. The summed E-state index contributed by atoms with van der Waals surface area (Å²) in [5.41, 5.74) is 6.97. The number of hydrogen-bond donors (Lipinski definition) is 1. The third kappa shape index (κ3) is 3.92. The Hall–Kier alpha value is -2.16. The number of aromatic nitrogens is 1. The second-order valence-electron chi connectivity index (χ2n) is 3.17. The number of nitrogens with two attached hydrogens (primary N) is 1. The summed E-state index contributed by atoms with van der Waals surface area (Å²) in [5.74, 6) is -0.347. The lowest BCUT2D eigenvalue weighted by molar-refractivity contribution is -0.117. The first-order valence-electron chi connectivity index (χ1n) is 4.92. The molecule has 82 valence electrons. The molecule has 1 aromatic rings. The monoisotopic (exact) mass is 214 g/mol. The smallest absolute Gasteiger partial charge is 0.221 e. The average Bonchev–Trinajstić information content (AvgIpc) is 2.29. The number of allylic oxidation sites excluding steroid dienone is 4. The number of carbonyl (C=O) groups excluding carboxylic acids is 1. The predicted octanol–water partition coefficient (Wildman–Crippen LogP) is 2.08. The highest BCUT2D eigenvalue weighted by atomic mass is 16.1. The van der Waals surface area contributed by atoms with E-state index in [0.29, 0.717) is 0 Å². The van der Waals surface area contributed by atoms with Crippen LogP contribution in [0.1, 0.15) is 12.0 Å². The van der Waals surface area contributed by atoms with Crippen LogP contribution in [0.5, 0.6) is 0 Å². The Kier molecular flexibility index (Phi) is 4.73. The highest BCUT2D eigenvalue weighted by Crippen LogP contribution is 2.14. The summed E-state index contributed by atoms with van der Waals surface area (Å²) in [6.07, 6.45) is 10.8. The van der Waals surface area contributed by atoms with E-state index >= 15 is 0 Å². The molecular formula is C13H14N2O. The summed E-state index contributed by atoms with van der Waals surface area (Å²) in [6, 6.07) is 3.80. The van der Waals surface area contributed by atoms with Gasteiger partial charge in [0.05, 0.1) is 0 Å². The lowest BCUT2D eigenvalue weighted by Gasteiger charge is -2.00. The highest BCUT2D eigenvalue weighted by molar-refractivity contribution is 5.78. The van der Waals surface area contributed by atoms with Crippen LogP contribution >= 0.6 is 0 Å². The van der Waals surface area contributed by atoms with Gasteiger partial charge in [0.15, 0.2) is 0 Å². The molecular weight excluding hydrogens is 200 g/mol. The summed E-state index contributed by atoms with van der Waals surface area (Å²) in [4.78, 5) is 14.6. The number of pyridine rings is 1. The molecule has 2 N–H and O–H groups in total. The first-order chi connectivity index (χ1) is 7.74. The average molecular weight is 214 g/mol. The zero-order valence-corrected chi connectivity index (χ0v) is 8.97. The standard InChI is InChI=1S/C13H14N2O/c1-2-5-11(6-3-8-13(14)16)12-7-4-9-15-10-12/h2-7,9-10H,1,8H2,(H2,14,16)/b6-3-,11-5+. The Balaban J connectivity index is 2.85. The third-order valence-corrected chi connectivity index (χ3v) is 1.91. The molecule has 0 aliphatic carbocycles. The molecule has 1 amide bonds. The van der Waals surface area contributed by atoms with Gasteiger partial charge in [0, 0.05) is 18.8 Å². The van der Waals surface area contributed by atoms with Crippen molar-refractivity contribution in [3.05, 3.63) is 61.0 Å². The Labute approximate surface area is 95.0 Å². The first kappa shape index (κ1) is 11.9. The van der Waals surface area contributed by atoms with Gasteiger partial charge in [-0.3, -0.25) is 9.78 Å². The van der Waals surface area contributed by atoms with Gasteiger partial charge in [0.2, 0.25) is 5.91 Å². The molecule has 1 aromatic heterocycles. The van der Waals surface area contributed by atoms with E-state index in [9.17, 15) is 4.79 Å². The minimum atomic E-state index is -0.347. The third-order valence-electron chi connectivity index (χ3n) is 1.91. The lowest BCUT2D eigenvalue weighted by atomic mass is 10.1. The van der Waals surface area contributed by atoms with Crippen molar-refractivity contribution in [3.63, 3.8) is 0 Å². The quantitative estimate of drug-likeness (QED) is 0.763. The van der Waals surface area contributed by atoms with Gasteiger partial charge in [-0.2, -0.15) is 0 Å². The summed E-state index contributed by atoms with van der Waals surface area (Å²) in [6.45, 7) is 3.65. The molecule has 0 aliphatic heterocycles. The van der Waals surface area contributed by atoms with Crippen molar-refractivity contribution in [2.45, 2.75) is 6.42 Å². The van der Waals surface area contributed by atoms with E-state index in [1.54, 1.807) is 24.5 Å². The van der Waals surface area contributed by atoms with E-state index in [1.165, 1.54) is 0 Å². The normalized spacial score (nSPS) is 11.6. The number of nitrogens with zero attached hydrogens (tertiary/aromatic N) is 1. The van der Waals surface area contributed by atoms with Gasteiger partial charge in [-0.05, 0) is 17.2 Å². The molecule has 3 heteroatoms. The fraction of sp³-hybridized carbons (Fsp3) is 0.0769. The molecule has 0 fully saturated rings. The minimum absolute atomic E-state index is 0.231. The van der Waals surface area contributed by atoms with Crippen molar-refractivity contribution in [2.24, 2.45) is 5.73 Å². The summed E-state index contributed by atoms with van der Waals surface area (Å²) in [7, 11) is 0. The Morgan fingerprint density at radius 2 is 2.38 bits per heavy atom. The lowest BCUT2D eigenvalue weighted by Crippen LogP contribution is -2.07. The fourth-order valence-electron chi connectivity index (χ4n) is 1.21. The summed E-state index contributed by atoms with van der Waals surface area (Å²) >= 11 is 0. The van der Waals surface area contributed by atoms with Crippen molar-refractivity contribution in [2.75, 3.05) is 0 Å². The molecule has 1 heterocycles. The molecule has 0 atom stereocenters.